The lowest BCUT2D eigenvalue weighted by Crippen LogP contribution is -2.28. The Morgan fingerprint density at radius 2 is 2.37 bits per heavy atom. The Balaban J connectivity index is 2.06. The van der Waals surface area contributed by atoms with E-state index in [-0.39, 0.29) is 12.5 Å². The zero-order chi connectivity index (χ0) is 13.8. The fourth-order valence-corrected chi connectivity index (χ4v) is 2.49. The maximum absolute atomic E-state index is 12.3. The van der Waals surface area contributed by atoms with E-state index < -0.39 is 0 Å². The van der Waals surface area contributed by atoms with Crippen LogP contribution in [0.25, 0.3) is 0 Å². The molecule has 1 aromatic carbocycles. The second-order valence-electron chi connectivity index (χ2n) is 4.87. The molecule has 1 saturated heterocycles. The molecule has 1 atom stereocenters. The topological polar surface area (TPSA) is 75.8 Å². The van der Waals surface area contributed by atoms with Crippen molar-refractivity contribution in [3.8, 4) is 5.75 Å². The number of likely N-dealkylation sites (tertiary alicyclic amines) is 1. The number of aliphatic hydroxyl groups is 1. The van der Waals surface area contributed by atoms with Crippen molar-refractivity contribution in [3.05, 3.63) is 23.8 Å². The van der Waals surface area contributed by atoms with Gasteiger partial charge in [0.1, 0.15) is 5.75 Å². The number of nitrogens with two attached hydrogens (primary N) is 1. The van der Waals surface area contributed by atoms with Crippen LogP contribution in [0.1, 0.15) is 23.2 Å². The average Bonchev–Trinajstić information content (AvgIpc) is 2.87. The first-order valence-corrected chi connectivity index (χ1v) is 6.49. The number of carbonyl (C=O) groups excluding carboxylic acids is 1. The fraction of sp³-hybridized carbons (Fsp3) is 0.500. The highest BCUT2D eigenvalue weighted by molar-refractivity contribution is 5.95. The number of nitrogens with zero attached hydrogens (tertiary/aromatic N) is 1. The number of ether oxygens (including phenoxy) is 1. The molecule has 0 spiro atoms. The van der Waals surface area contributed by atoms with Crippen molar-refractivity contribution in [1.82, 2.24) is 4.90 Å². The van der Waals surface area contributed by atoms with E-state index in [1.54, 1.807) is 25.3 Å². The quantitative estimate of drug-likeness (QED) is 0.799. The molecular weight excluding hydrogens is 244 g/mol. The summed E-state index contributed by atoms with van der Waals surface area (Å²) in [6.45, 7) is 1.64. The van der Waals surface area contributed by atoms with Gasteiger partial charge in [-0.25, -0.2) is 0 Å². The third-order valence-corrected chi connectivity index (χ3v) is 3.59. The van der Waals surface area contributed by atoms with Crippen LogP contribution in [-0.2, 0) is 0 Å². The van der Waals surface area contributed by atoms with Crippen LogP contribution in [0.2, 0.25) is 0 Å². The first-order chi connectivity index (χ1) is 9.15. The number of hydrogen-bond donors (Lipinski definition) is 2. The monoisotopic (exact) mass is 264 g/mol. The van der Waals surface area contributed by atoms with Gasteiger partial charge in [0.2, 0.25) is 0 Å². The Bertz CT molecular complexity index is 462. The van der Waals surface area contributed by atoms with Crippen molar-refractivity contribution < 1.29 is 14.6 Å². The molecule has 19 heavy (non-hydrogen) atoms. The normalized spacial score (nSPS) is 18.6. The molecule has 0 saturated carbocycles. The van der Waals surface area contributed by atoms with E-state index in [2.05, 4.69) is 0 Å². The Morgan fingerprint density at radius 3 is 3.00 bits per heavy atom. The molecule has 1 unspecified atom stereocenters. The highest BCUT2D eigenvalue weighted by Crippen LogP contribution is 2.25. The Morgan fingerprint density at radius 1 is 1.58 bits per heavy atom. The molecule has 5 nitrogen and oxygen atoms in total. The van der Waals surface area contributed by atoms with Gasteiger partial charge in [-0.3, -0.25) is 4.79 Å². The van der Waals surface area contributed by atoms with Gasteiger partial charge in [0.05, 0.1) is 12.8 Å². The number of anilines is 1. The van der Waals surface area contributed by atoms with E-state index in [4.69, 9.17) is 15.6 Å². The molecule has 5 heteroatoms. The molecule has 0 radical (unpaired) electrons. The minimum absolute atomic E-state index is 0.00482. The molecule has 1 aliphatic heterocycles. The lowest BCUT2D eigenvalue weighted by Gasteiger charge is -2.17. The average molecular weight is 264 g/mol. The van der Waals surface area contributed by atoms with Gasteiger partial charge in [-0.15, -0.1) is 0 Å². The van der Waals surface area contributed by atoms with E-state index in [0.29, 0.717) is 29.5 Å². The zero-order valence-electron chi connectivity index (χ0n) is 11.1. The van der Waals surface area contributed by atoms with Gasteiger partial charge < -0.3 is 20.5 Å². The number of nitrogen functional groups attached to an aromatic ring is 1. The minimum Gasteiger partial charge on any atom is -0.495 e. The highest BCUT2D eigenvalue weighted by Gasteiger charge is 2.26. The Hall–Kier alpha value is -1.75. The van der Waals surface area contributed by atoms with Gasteiger partial charge in [-0.2, -0.15) is 0 Å². The van der Waals surface area contributed by atoms with Crippen LogP contribution in [0, 0.1) is 5.92 Å². The molecule has 0 bridgehead atoms. The van der Waals surface area contributed by atoms with Gasteiger partial charge in [-0.05, 0) is 37.0 Å². The number of aliphatic hydroxyl groups excluding tert-OH is 1. The maximum atomic E-state index is 12.3. The lowest BCUT2D eigenvalue weighted by atomic mass is 10.1. The summed E-state index contributed by atoms with van der Waals surface area (Å²) in [4.78, 5) is 14.1. The first kappa shape index (κ1) is 13.7. The van der Waals surface area contributed by atoms with Crippen molar-refractivity contribution in [1.29, 1.82) is 0 Å². The zero-order valence-corrected chi connectivity index (χ0v) is 11.1. The van der Waals surface area contributed by atoms with E-state index in [9.17, 15) is 4.79 Å². The molecule has 0 aliphatic carbocycles. The van der Waals surface area contributed by atoms with E-state index >= 15 is 0 Å². The van der Waals surface area contributed by atoms with E-state index in [1.165, 1.54) is 0 Å². The molecule has 1 fully saturated rings. The van der Waals surface area contributed by atoms with Gasteiger partial charge >= 0.3 is 0 Å². The van der Waals surface area contributed by atoms with E-state index in [0.717, 1.165) is 19.4 Å². The third kappa shape index (κ3) is 2.98. The van der Waals surface area contributed by atoms with Crippen LogP contribution >= 0.6 is 0 Å². The summed E-state index contributed by atoms with van der Waals surface area (Å²) >= 11 is 0. The number of benzene rings is 1. The smallest absolute Gasteiger partial charge is 0.253 e. The van der Waals surface area contributed by atoms with Crippen molar-refractivity contribution in [2.75, 3.05) is 32.5 Å². The maximum Gasteiger partial charge on any atom is 0.253 e. The molecular formula is C14H20N2O3. The second kappa shape index (κ2) is 5.93. The molecule has 1 amide bonds. The van der Waals surface area contributed by atoms with Crippen molar-refractivity contribution in [2.24, 2.45) is 5.92 Å². The standard InChI is InChI=1S/C14H20N2O3/c1-19-13-3-2-11(8-12(13)15)14(18)16-6-4-10(9-16)5-7-17/h2-3,8,10,17H,4-7,9,15H2,1H3. The Kier molecular flexibility index (Phi) is 4.27. The van der Waals surface area contributed by atoms with Crippen LogP contribution in [0.5, 0.6) is 5.75 Å². The largest absolute Gasteiger partial charge is 0.495 e. The van der Waals surface area contributed by atoms with Crippen LogP contribution < -0.4 is 10.5 Å². The highest BCUT2D eigenvalue weighted by atomic mass is 16.5. The van der Waals surface area contributed by atoms with E-state index in [1.807, 2.05) is 4.90 Å². The SMILES string of the molecule is COc1ccc(C(=O)N2CCC(CCO)C2)cc1N. The van der Waals surface area contributed by atoms with Gasteiger partial charge in [0.25, 0.3) is 5.91 Å². The van der Waals surface area contributed by atoms with Crippen molar-refractivity contribution in [2.45, 2.75) is 12.8 Å². The summed E-state index contributed by atoms with van der Waals surface area (Å²) in [6.07, 6.45) is 1.71. The molecule has 104 valence electrons. The summed E-state index contributed by atoms with van der Waals surface area (Å²) in [6, 6.07) is 5.10. The van der Waals surface area contributed by atoms with Crippen LogP contribution in [0.3, 0.4) is 0 Å². The summed E-state index contributed by atoms with van der Waals surface area (Å²) in [5.74, 6) is 0.982. The summed E-state index contributed by atoms with van der Waals surface area (Å²) in [5, 5.41) is 8.93. The van der Waals surface area contributed by atoms with Crippen LogP contribution in [0.4, 0.5) is 5.69 Å². The predicted octanol–water partition coefficient (Wildman–Crippen LogP) is 1.12. The molecule has 1 aliphatic rings. The van der Waals surface area contributed by atoms with Gasteiger partial charge in [-0.1, -0.05) is 0 Å². The Labute approximate surface area is 113 Å². The number of hydrogen-bond acceptors (Lipinski definition) is 4. The number of methoxy groups -OCH3 is 1. The molecule has 1 aromatic rings. The lowest BCUT2D eigenvalue weighted by molar-refractivity contribution is 0.0785. The van der Waals surface area contributed by atoms with Gasteiger partial charge in [0, 0.05) is 25.3 Å². The summed E-state index contributed by atoms with van der Waals surface area (Å²) < 4.78 is 5.08. The first-order valence-electron chi connectivity index (χ1n) is 6.49. The van der Waals surface area contributed by atoms with Crippen molar-refractivity contribution >= 4 is 11.6 Å². The molecule has 1 heterocycles. The molecule has 2 rings (SSSR count). The predicted molar refractivity (Wildman–Crippen MR) is 73.1 cm³/mol. The molecule has 3 N–H and O–H groups in total. The minimum atomic E-state index is -0.00482. The summed E-state index contributed by atoms with van der Waals surface area (Å²) in [5.41, 5.74) is 6.87. The van der Waals surface area contributed by atoms with Crippen LogP contribution in [-0.4, -0.2) is 42.7 Å². The third-order valence-electron chi connectivity index (χ3n) is 3.59. The van der Waals surface area contributed by atoms with Crippen LogP contribution in [0.15, 0.2) is 18.2 Å². The molecule has 0 aromatic heterocycles. The van der Waals surface area contributed by atoms with Gasteiger partial charge in [0.15, 0.2) is 0 Å². The number of amides is 1. The second-order valence-corrected chi connectivity index (χ2v) is 4.87. The number of carbonyl (C=O) groups is 1. The number of rotatable bonds is 4. The summed E-state index contributed by atoms with van der Waals surface area (Å²) in [7, 11) is 1.55. The fourth-order valence-electron chi connectivity index (χ4n) is 2.49. The van der Waals surface area contributed by atoms with Crippen molar-refractivity contribution in [3.63, 3.8) is 0 Å².